The molecule has 1 rings (SSSR count). The van der Waals surface area contributed by atoms with Crippen molar-refractivity contribution in [2.75, 3.05) is 5.75 Å². The second kappa shape index (κ2) is 3.84. The van der Waals surface area contributed by atoms with Crippen LogP contribution >= 0.6 is 12.6 Å². The monoisotopic (exact) mass is 184 g/mol. The van der Waals surface area contributed by atoms with Crippen LogP contribution in [0.5, 0.6) is 0 Å². The molecular formula is C6H9BN2O2S. The highest BCUT2D eigenvalue weighted by atomic mass is 32.1. The summed E-state index contributed by atoms with van der Waals surface area (Å²) in [5.74, 6) is -0.286. The zero-order valence-corrected chi connectivity index (χ0v) is 7.30. The van der Waals surface area contributed by atoms with Gasteiger partial charge in [0.1, 0.15) is 6.04 Å². The Morgan fingerprint density at radius 2 is 2.50 bits per heavy atom. The van der Waals surface area contributed by atoms with Crippen molar-refractivity contribution in [3.8, 4) is 0 Å². The summed E-state index contributed by atoms with van der Waals surface area (Å²) in [7, 11) is 4.87. The number of rotatable bonds is 2. The van der Waals surface area contributed by atoms with Gasteiger partial charge in [0.05, 0.1) is 0 Å². The number of hydrogen-bond donors (Lipinski definition) is 3. The number of hydrogen-bond acceptors (Lipinski definition) is 3. The van der Waals surface area contributed by atoms with Gasteiger partial charge < -0.3 is 10.6 Å². The van der Waals surface area contributed by atoms with Crippen LogP contribution in [0.2, 0.25) is 0 Å². The van der Waals surface area contributed by atoms with Crippen LogP contribution in [0.25, 0.3) is 0 Å². The average Bonchev–Trinajstić information content (AvgIpc) is 2.31. The van der Waals surface area contributed by atoms with E-state index in [0.717, 1.165) is 0 Å². The molecule has 0 aromatic heterocycles. The maximum Gasteiger partial charge on any atom is 0.242 e. The van der Waals surface area contributed by atoms with E-state index in [2.05, 4.69) is 23.3 Å². The molecule has 1 saturated heterocycles. The molecule has 2 atom stereocenters. The van der Waals surface area contributed by atoms with Gasteiger partial charge in [-0.2, -0.15) is 12.6 Å². The SMILES string of the molecule is [B]C(=O)N[C@@H]1C[C@@H](CS)NC1=O. The van der Waals surface area contributed by atoms with E-state index in [1.54, 1.807) is 0 Å². The molecule has 0 spiro atoms. The van der Waals surface area contributed by atoms with Crippen molar-refractivity contribution in [1.29, 1.82) is 0 Å². The van der Waals surface area contributed by atoms with Crippen LogP contribution < -0.4 is 10.6 Å². The summed E-state index contributed by atoms with van der Waals surface area (Å²) in [5.41, 5.74) is 0. The Hall–Kier alpha value is -0.645. The summed E-state index contributed by atoms with van der Waals surface area (Å²) in [6.07, 6.45) is 0.561. The lowest BCUT2D eigenvalue weighted by molar-refractivity contribution is -0.120. The third-order valence-electron chi connectivity index (χ3n) is 1.72. The maximum atomic E-state index is 11.1. The first-order chi connectivity index (χ1) is 5.63. The van der Waals surface area contributed by atoms with E-state index in [0.29, 0.717) is 12.2 Å². The zero-order valence-electron chi connectivity index (χ0n) is 6.41. The molecule has 1 aliphatic rings. The number of carbonyl (C=O) groups is 2. The van der Waals surface area contributed by atoms with Crippen molar-refractivity contribution in [2.45, 2.75) is 18.5 Å². The van der Waals surface area contributed by atoms with E-state index >= 15 is 0 Å². The molecule has 2 radical (unpaired) electrons. The molecule has 0 aliphatic carbocycles. The second-order valence-corrected chi connectivity index (χ2v) is 3.05. The van der Waals surface area contributed by atoms with Crippen LogP contribution in [0, 0.1) is 0 Å². The third kappa shape index (κ3) is 2.17. The summed E-state index contributed by atoms with van der Waals surface area (Å²) < 4.78 is 0. The van der Waals surface area contributed by atoms with Crippen molar-refractivity contribution in [1.82, 2.24) is 10.6 Å². The molecule has 1 fully saturated rings. The maximum absolute atomic E-state index is 11.1. The molecule has 64 valence electrons. The van der Waals surface area contributed by atoms with Gasteiger partial charge in [-0.1, -0.05) is 0 Å². The summed E-state index contributed by atoms with van der Waals surface area (Å²) in [4.78, 5) is 21.5. The fourth-order valence-corrected chi connectivity index (χ4v) is 1.41. The second-order valence-electron chi connectivity index (χ2n) is 2.68. The molecular weight excluding hydrogens is 175 g/mol. The minimum Gasteiger partial charge on any atom is -0.354 e. The Labute approximate surface area is 77.3 Å². The van der Waals surface area contributed by atoms with E-state index in [9.17, 15) is 9.59 Å². The van der Waals surface area contributed by atoms with Crippen LogP contribution in [0.3, 0.4) is 0 Å². The van der Waals surface area contributed by atoms with Gasteiger partial charge in [0.25, 0.3) is 0 Å². The van der Waals surface area contributed by atoms with Crippen LogP contribution in [0.1, 0.15) is 6.42 Å². The first-order valence-electron chi connectivity index (χ1n) is 3.60. The van der Waals surface area contributed by atoms with Gasteiger partial charge in [-0.15, -0.1) is 0 Å². The molecule has 4 nitrogen and oxygen atoms in total. The molecule has 0 aromatic carbocycles. The lowest BCUT2D eigenvalue weighted by atomic mass is 10.1. The molecule has 1 heterocycles. The molecule has 0 aromatic rings. The summed E-state index contributed by atoms with van der Waals surface area (Å²) in [5, 5.41) is 5.02. The van der Waals surface area contributed by atoms with E-state index < -0.39 is 11.8 Å². The summed E-state index contributed by atoms with van der Waals surface area (Å²) in [6, 6.07) is -0.447. The van der Waals surface area contributed by atoms with Gasteiger partial charge >= 0.3 is 0 Å². The van der Waals surface area contributed by atoms with Crippen LogP contribution in [-0.4, -0.2) is 37.4 Å². The van der Waals surface area contributed by atoms with Crippen molar-refractivity contribution < 1.29 is 9.59 Å². The largest absolute Gasteiger partial charge is 0.354 e. The standard InChI is InChI=1S/C6H9BN2O2S/c7-6(11)9-4-1-3(2-12)8-5(4)10/h3-4,12H,1-2H2,(H,8,10)(H,9,11)/t3-,4+/m0/s1. The quantitative estimate of drug-likeness (QED) is 0.383. The van der Waals surface area contributed by atoms with Crippen LogP contribution in [0.15, 0.2) is 0 Å². The van der Waals surface area contributed by atoms with E-state index in [4.69, 9.17) is 7.85 Å². The molecule has 0 unspecified atom stereocenters. The smallest absolute Gasteiger partial charge is 0.242 e. The highest BCUT2D eigenvalue weighted by Gasteiger charge is 2.31. The van der Waals surface area contributed by atoms with Gasteiger partial charge in [0.15, 0.2) is 5.81 Å². The fourth-order valence-electron chi connectivity index (χ4n) is 1.17. The number of amides is 2. The molecule has 1 aliphatic heterocycles. The van der Waals surface area contributed by atoms with Gasteiger partial charge in [-0.3, -0.25) is 9.59 Å². The average molecular weight is 184 g/mol. The fraction of sp³-hybridized carbons (Fsp3) is 0.667. The zero-order chi connectivity index (χ0) is 9.14. The minimum absolute atomic E-state index is 0.0395. The highest BCUT2D eigenvalue weighted by Crippen LogP contribution is 2.08. The third-order valence-corrected chi connectivity index (χ3v) is 2.16. The van der Waals surface area contributed by atoms with E-state index in [-0.39, 0.29) is 11.9 Å². The van der Waals surface area contributed by atoms with Gasteiger partial charge in [0.2, 0.25) is 13.8 Å². The van der Waals surface area contributed by atoms with Crippen LogP contribution in [-0.2, 0) is 4.79 Å². The van der Waals surface area contributed by atoms with Gasteiger partial charge in [-0.05, 0) is 6.42 Å². The summed E-state index contributed by atoms with van der Waals surface area (Å²) in [6.45, 7) is 0. The molecule has 0 bridgehead atoms. The molecule has 12 heavy (non-hydrogen) atoms. The topological polar surface area (TPSA) is 58.2 Å². The van der Waals surface area contributed by atoms with E-state index in [1.165, 1.54) is 0 Å². The van der Waals surface area contributed by atoms with Gasteiger partial charge in [0, 0.05) is 11.8 Å². The number of thiol groups is 1. The number of carbonyl (C=O) groups excluding carboxylic acids is 2. The lowest BCUT2D eigenvalue weighted by Gasteiger charge is -2.06. The first-order valence-corrected chi connectivity index (χ1v) is 4.24. The van der Waals surface area contributed by atoms with Crippen LogP contribution in [0.4, 0.5) is 4.79 Å². The Morgan fingerprint density at radius 3 is 2.92 bits per heavy atom. The number of nitrogens with one attached hydrogen (secondary N) is 2. The molecule has 2 N–H and O–H groups in total. The summed E-state index contributed by atoms with van der Waals surface area (Å²) >= 11 is 4.03. The Bertz CT molecular complexity index is 212. The van der Waals surface area contributed by atoms with Gasteiger partial charge in [-0.25, -0.2) is 0 Å². The normalized spacial score (nSPS) is 28.2. The van der Waals surface area contributed by atoms with Crippen molar-refractivity contribution in [2.24, 2.45) is 0 Å². The molecule has 0 saturated carbocycles. The van der Waals surface area contributed by atoms with Crippen molar-refractivity contribution >= 4 is 32.2 Å². The predicted molar refractivity (Wildman–Crippen MR) is 48.5 cm³/mol. The Balaban J connectivity index is 2.46. The molecule has 2 amide bonds. The first kappa shape index (κ1) is 9.44. The van der Waals surface area contributed by atoms with E-state index in [1.807, 2.05) is 0 Å². The Kier molecular flexibility index (Phi) is 3.02. The highest BCUT2D eigenvalue weighted by molar-refractivity contribution is 7.80. The Morgan fingerprint density at radius 1 is 1.83 bits per heavy atom. The minimum atomic E-state index is -0.671. The molecule has 6 heteroatoms. The lowest BCUT2D eigenvalue weighted by Crippen LogP contribution is -2.39. The van der Waals surface area contributed by atoms with Crippen molar-refractivity contribution in [3.05, 3.63) is 0 Å². The predicted octanol–water partition coefficient (Wildman–Crippen LogP) is -0.949. The van der Waals surface area contributed by atoms with Crippen molar-refractivity contribution in [3.63, 3.8) is 0 Å².